The molecule has 0 radical (unpaired) electrons. The van der Waals surface area contributed by atoms with E-state index in [4.69, 9.17) is 9.47 Å². The minimum absolute atomic E-state index is 0.0746. The van der Waals surface area contributed by atoms with Crippen molar-refractivity contribution in [2.75, 3.05) is 18.5 Å². The summed E-state index contributed by atoms with van der Waals surface area (Å²) in [5.41, 5.74) is 2.24. The molecule has 0 fully saturated rings. The number of benzene rings is 3. The molecule has 134 valence electrons. The van der Waals surface area contributed by atoms with Crippen molar-refractivity contribution in [2.24, 2.45) is 0 Å². The Bertz CT molecular complexity index is 981. The van der Waals surface area contributed by atoms with Gasteiger partial charge in [0.25, 0.3) is 5.91 Å². The monoisotopic (exact) mass is 359 g/mol. The summed E-state index contributed by atoms with van der Waals surface area (Å²) in [6.45, 7) is 1.01. The molecule has 0 saturated carbocycles. The third kappa shape index (κ3) is 3.67. The minimum Gasteiger partial charge on any atom is -0.486 e. The molecule has 0 unspecified atom stereocenters. The second-order valence-corrected chi connectivity index (χ2v) is 6.09. The summed E-state index contributed by atoms with van der Waals surface area (Å²) in [7, 11) is 0. The van der Waals surface area contributed by atoms with E-state index in [1.54, 1.807) is 54.6 Å². The lowest BCUT2D eigenvalue weighted by molar-refractivity contribution is 0.102. The van der Waals surface area contributed by atoms with E-state index in [0.29, 0.717) is 47.1 Å². The number of amides is 1. The van der Waals surface area contributed by atoms with Crippen LogP contribution in [-0.4, -0.2) is 24.9 Å². The van der Waals surface area contributed by atoms with Crippen LogP contribution in [0.3, 0.4) is 0 Å². The zero-order valence-corrected chi connectivity index (χ0v) is 14.5. The van der Waals surface area contributed by atoms with Crippen LogP contribution in [0.25, 0.3) is 0 Å². The number of carbonyl (C=O) groups is 2. The normalized spacial score (nSPS) is 12.3. The maximum absolute atomic E-state index is 12.5. The lowest BCUT2D eigenvalue weighted by Crippen LogP contribution is -2.16. The van der Waals surface area contributed by atoms with E-state index in [0.717, 1.165) is 0 Å². The molecule has 0 bridgehead atoms. The Morgan fingerprint density at radius 3 is 2.07 bits per heavy atom. The molecule has 1 N–H and O–H groups in total. The van der Waals surface area contributed by atoms with Crippen LogP contribution in [0.15, 0.2) is 72.8 Å². The van der Waals surface area contributed by atoms with Gasteiger partial charge < -0.3 is 14.8 Å². The summed E-state index contributed by atoms with van der Waals surface area (Å²) in [5, 5.41) is 2.83. The number of nitrogens with one attached hydrogen (secondary N) is 1. The predicted molar refractivity (Wildman–Crippen MR) is 102 cm³/mol. The molecule has 3 aromatic rings. The van der Waals surface area contributed by atoms with E-state index in [1.807, 2.05) is 18.2 Å². The van der Waals surface area contributed by atoms with Crippen molar-refractivity contribution in [3.8, 4) is 11.5 Å². The molecule has 5 heteroatoms. The quantitative estimate of drug-likeness (QED) is 0.717. The van der Waals surface area contributed by atoms with Crippen LogP contribution >= 0.6 is 0 Å². The van der Waals surface area contributed by atoms with Gasteiger partial charge in [0.2, 0.25) is 0 Å². The molecule has 1 aliphatic rings. The zero-order chi connectivity index (χ0) is 18.6. The van der Waals surface area contributed by atoms with E-state index in [9.17, 15) is 9.59 Å². The SMILES string of the molecule is O=C(Nc1ccc2c(c1)OCCO2)c1ccc(C(=O)c2ccccc2)cc1. The van der Waals surface area contributed by atoms with E-state index >= 15 is 0 Å². The Balaban J connectivity index is 1.47. The van der Waals surface area contributed by atoms with Crippen LogP contribution < -0.4 is 14.8 Å². The van der Waals surface area contributed by atoms with Crippen molar-refractivity contribution < 1.29 is 19.1 Å². The van der Waals surface area contributed by atoms with Crippen LogP contribution in [0.1, 0.15) is 26.3 Å². The minimum atomic E-state index is -0.259. The van der Waals surface area contributed by atoms with Gasteiger partial charge >= 0.3 is 0 Å². The van der Waals surface area contributed by atoms with Gasteiger partial charge in [-0.1, -0.05) is 42.5 Å². The first kappa shape index (κ1) is 16.8. The molecule has 1 amide bonds. The number of fused-ring (bicyclic) bond motifs is 1. The number of carbonyl (C=O) groups excluding carboxylic acids is 2. The molecule has 0 atom stereocenters. The summed E-state index contributed by atoms with van der Waals surface area (Å²) in [6.07, 6.45) is 0. The third-order valence-corrected chi connectivity index (χ3v) is 4.25. The van der Waals surface area contributed by atoms with Crippen LogP contribution in [0.4, 0.5) is 5.69 Å². The van der Waals surface area contributed by atoms with Gasteiger partial charge in [0, 0.05) is 28.4 Å². The molecule has 1 aliphatic heterocycles. The van der Waals surface area contributed by atoms with E-state index in [-0.39, 0.29) is 11.7 Å². The first-order chi connectivity index (χ1) is 13.2. The number of rotatable bonds is 4. The van der Waals surface area contributed by atoms with Crippen LogP contribution in [0.5, 0.6) is 11.5 Å². The number of ketones is 1. The van der Waals surface area contributed by atoms with E-state index in [1.165, 1.54) is 0 Å². The molecule has 3 aromatic carbocycles. The molecular weight excluding hydrogens is 342 g/mol. The second-order valence-electron chi connectivity index (χ2n) is 6.09. The molecule has 0 aliphatic carbocycles. The smallest absolute Gasteiger partial charge is 0.255 e. The fourth-order valence-electron chi connectivity index (χ4n) is 2.85. The molecule has 4 rings (SSSR count). The molecule has 0 aromatic heterocycles. The second kappa shape index (κ2) is 7.33. The van der Waals surface area contributed by atoms with Gasteiger partial charge in [0.05, 0.1) is 0 Å². The highest BCUT2D eigenvalue weighted by molar-refractivity contribution is 6.10. The molecule has 0 saturated heterocycles. The van der Waals surface area contributed by atoms with Crippen LogP contribution in [0.2, 0.25) is 0 Å². The largest absolute Gasteiger partial charge is 0.486 e. The van der Waals surface area contributed by atoms with Crippen LogP contribution in [0, 0.1) is 0 Å². The van der Waals surface area contributed by atoms with Gasteiger partial charge in [0.1, 0.15) is 13.2 Å². The molecule has 5 nitrogen and oxygen atoms in total. The maximum Gasteiger partial charge on any atom is 0.255 e. The Kier molecular flexibility index (Phi) is 4.58. The third-order valence-electron chi connectivity index (χ3n) is 4.25. The molecule has 1 heterocycles. The molecule has 27 heavy (non-hydrogen) atoms. The fraction of sp³-hybridized carbons (Fsp3) is 0.0909. The Labute approximate surface area is 156 Å². The van der Waals surface area contributed by atoms with Crippen LogP contribution in [-0.2, 0) is 0 Å². The average Bonchev–Trinajstić information content (AvgIpc) is 2.74. The van der Waals surface area contributed by atoms with Crippen molar-refractivity contribution in [2.45, 2.75) is 0 Å². The predicted octanol–water partition coefficient (Wildman–Crippen LogP) is 3.94. The van der Waals surface area contributed by atoms with Crippen molar-refractivity contribution in [3.63, 3.8) is 0 Å². The lowest BCUT2D eigenvalue weighted by Gasteiger charge is -2.19. The lowest BCUT2D eigenvalue weighted by atomic mass is 10.0. The van der Waals surface area contributed by atoms with Crippen molar-refractivity contribution in [1.29, 1.82) is 0 Å². The number of hydrogen-bond acceptors (Lipinski definition) is 4. The van der Waals surface area contributed by atoms with Crippen molar-refractivity contribution in [1.82, 2.24) is 0 Å². The number of anilines is 1. The summed E-state index contributed by atoms with van der Waals surface area (Å²) < 4.78 is 11.0. The van der Waals surface area contributed by atoms with Crippen molar-refractivity contribution in [3.05, 3.63) is 89.5 Å². The highest BCUT2D eigenvalue weighted by Gasteiger charge is 2.14. The first-order valence-corrected chi connectivity index (χ1v) is 8.61. The standard InChI is InChI=1S/C22H17NO4/c24-21(15-4-2-1-3-5-15)16-6-8-17(9-7-16)22(25)23-18-10-11-19-20(14-18)27-13-12-26-19/h1-11,14H,12-13H2,(H,23,25). The van der Waals surface area contributed by atoms with Gasteiger partial charge in [-0.15, -0.1) is 0 Å². The highest BCUT2D eigenvalue weighted by Crippen LogP contribution is 2.32. The van der Waals surface area contributed by atoms with Gasteiger partial charge in [-0.3, -0.25) is 9.59 Å². The van der Waals surface area contributed by atoms with Gasteiger partial charge in [-0.25, -0.2) is 0 Å². The summed E-state index contributed by atoms with van der Waals surface area (Å²) in [6, 6.07) is 20.9. The Morgan fingerprint density at radius 2 is 1.33 bits per heavy atom. The van der Waals surface area contributed by atoms with Gasteiger partial charge in [-0.2, -0.15) is 0 Å². The molecular formula is C22H17NO4. The maximum atomic E-state index is 12.5. The first-order valence-electron chi connectivity index (χ1n) is 8.61. The van der Waals surface area contributed by atoms with Crippen molar-refractivity contribution >= 4 is 17.4 Å². The Morgan fingerprint density at radius 1 is 0.704 bits per heavy atom. The summed E-state index contributed by atoms with van der Waals surface area (Å²) in [4.78, 5) is 24.9. The number of ether oxygens (including phenoxy) is 2. The van der Waals surface area contributed by atoms with Gasteiger partial charge in [-0.05, 0) is 24.3 Å². The van der Waals surface area contributed by atoms with E-state index < -0.39 is 0 Å². The summed E-state index contributed by atoms with van der Waals surface area (Å²) >= 11 is 0. The Hall–Kier alpha value is -3.60. The van der Waals surface area contributed by atoms with Gasteiger partial charge in [0.15, 0.2) is 17.3 Å². The topological polar surface area (TPSA) is 64.6 Å². The fourth-order valence-corrected chi connectivity index (χ4v) is 2.85. The highest BCUT2D eigenvalue weighted by atomic mass is 16.6. The van der Waals surface area contributed by atoms with E-state index in [2.05, 4.69) is 5.32 Å². The number of hydrogen-bond donors (Lipinski definition) is 1. The zero-order valence-electron chi connectivity index (χ0n) is 14.5. The summed E-state index contributed by atoms with van der Waals surface area (Å²) in [5.74, 6) is 0.950. The average molecular weight is 359 g/mol. The molecule has 0 spiro atoms.